The van der Waals surface area contributed by atoms with Crippen LogP contribution in [-0.4, -0.2) is 25.5 Å². The van der Waals surface area contributed by atoms with E-state index in [9.17, 15) is 9.59 Å². The van der Waals surface area contributed by atoms with Crippen LogP contribution >= 0.6 is 11.6 Å². The first-order chi connectivity index (χ1) is 14.5. The van der Waals surface area contributed by atoms with Gasteiger partial charge in [0.2, 0.25) is 11.8 Å². The molecule has 158 valence electrons. The molecule has 7 nitrogen and oxygen atoms in total. The molecule has 1 aromatic heterocycles. The molecular formula is C22H23ClN2O5. The van der Waals surface area contributed by atoms with Gasteiger partial charge < -0.3 is 13.9 Å². The van der Waals surface area contributed by atoms with Crippen molar-refractivity contribution >= 4 is 34.4 Å². The Morgan fingerprint density at radius 3 is 2.67 bits per heavy atom. The summed E-state index contributed by atoms with van der Waals surface area (Å²) in [5.74, 6) is 0.782. The Morgan fingerprint density at radius 2 is 1.90 bits per heavy atom. The van der Waals surface area contributed by atoms with E-state index in [-0.39, 0.29) is 24.7 Å². The molecule has 0 aliphatic heterocycles. The van der Waals surface area contributed by atoms with Gasteiger partial charge in [-0.25, -0.2) is 0 Å². The molecule has 0 radical (unpaired) electrons. The Labute approximate surface area is 179 Å². The maximum Gasteiger partial charge on any atom is 0.242 e. The molecule has 3 aromatic rings. The van der Waals surface area contributed by atoms with Crippen molar-refractivity contribution in [2.75, 3.05) is 13.7 Å². The number of nitrogens with one attached hydrogen (secondary N) is 2. The zero-order valence-corrected chi connectivity index (χ0v) is 17.5. The molecular weight excluding hydrogens is 408 g/mol. The maximum absolute atomic E-state index is 12.1. The van der Waals surface area contributed by atoms with E-state index in [4.69, 9.17) is 25.5 Å². The Balaban J connectivity index is 1.39. The first-order valence-corrected chi connectivity index (χ1v) is 9.85. The van der Waals surface area contributed by atoms with E-state index >= 15 is 0 Å². The molecule has 3 rings (SSSR count). The van der Waals surface area contributed by atoms with Crippen molar-refractivity contribution in [3.8, 4) is 11.5 Å². The van der Waals surface area contributed by atoms with Crippen LogP contribution in [0.3, 0.4) is 0 Å². The second kappa shape index (κ2) is 10.0. The quantitative estimate of drug-likeness (QED) is 0.417. The topological polar surface area (TPSA) is 89.8 Å². The lowest BCUT2D eigenvalue weighted by Crippen LogP contribution is -2.42. The van der Waals surface area contributed by atoms with Crippen LogP contribution < -0.4 is 20.3 Å². The van der Waals surface area contributed by atoms with Crippen LogP contribution in [0.5, 0.6) is 11.5 Å². The van der Waals surface area contributed by atoms with Gasteiger partial charge in [0.15, 0.2) is 0 Å². The van der Waals surface area contributed by atoms with Crippen LogP contribution in [0.1, 0.15) is 24.0 Å². The molecule has 2 N–H and O–H groups in total. The molecule has 0 unspecified atom stereocenters. The van der Waals surface area contributed by atoms with Crippen molar-refractivity contribution in [1.29, 1.82) is 0 Å². The molecule has 0 atom stereocenters. The number of carbonyl (C=O) groups is 2. The van der Waals surface area contributed by atoms with Gasteiger partial charge in [-0.15, -0.1) is 0 Å². The SMILES string of the molecule is COc1ccc2c(CC(=O)NNC(=O)CCCOc3ccc(Cl)cc3C)coc2c1. The van der Waals surface area contributed by atoms with E-state index in [0.29, 0.717) is 29.4 Å². The molecule has 0 spiro atoms. The summed E-state index contributed by atoms with van der Waals surface area (Å²) in [6.45, 7) is 2.29. The number of methoxy groups -OCH3 is 1. The fraction of sp³-hybridized carbons (Fsp3) is 0.273. The average molecular weight is 431 g/mol. The smallest absolute Gasteiger partial charge is 0.242 e. The zero-order valence-electron chi connectivity index (χ0n) is 16.8. The Kier molecular flexibility index (Phi) is 7.19. The number of hydrogen-bond acceptors (Lipinski definition) is 5. The van der Waals surface area contributed by atoms with Crippen LogP contribution in [0.25, 0.3) is 11.0 Å². The fourth-order valence-corrected chi connectivity index (χ4v) is 3.16. The summed E-state index contributed by atoms with van der Waals surface area (Å²) in [5, 5.41) is 1.48. The van der Waals surface area contributed by atoms with Gasteiger partial charge in [-0.05, 0) is 49.2 Å². The Morgan fingerprint density at radius 1 is 1.10 bits per heavy atom. The number of amides is 2. The van der Waals surface area contributed by atoms with Crippen LogP contribution in [0.15, 0.2) is 47.1 Å². The number of benzene rings is 2. The minimum atomic E-state index is -0.338. The summed E-state index contributed by atoms with van der Waals surface area (Å²) in [5.41, 5.74) is 7.14. The number of carbonyl (C=O) groups excluding carboxylic acids is 2. The summed E-state index contributed by atoms with van der Waals surface area (Å²) in [7, 11) is 1.58. The van der Waals surface area contributed by atoms with E-state index < -0.39 is 0 Å². The van der Waals surface area contributed by atoms with E-state index in [1.807, 2.05) is 19.1 Å². The summed E-state index contributed by atoms with van der Waals surface area (Å²) in [4.78, 5) is 24.1. The molecule has 2 aromatic carbocycles. The Hall–Kier alpha value is -3.19. The van der Waals surface area contributed by atoms with Gasteiger partial charge in [0.25, 0.3) is 0 Å². The van der Waals surface area contributed by atoms with Gasteiger partial charge in [-0.2, -0.15) is 0 Å². The van der Waals surface area contributed by atoms with Gasteiger partial charge in [-0.1, -0.05) is 11.6 Å². The van der Waals surface area contributed by atoms with Crippen molar-refractivity contribution in [1.82, 2.24) is 10.9 Å². The molecule has 30 heavy (non-hydrogen) atoms. The minimum Gasteiger partial charge on any atom is -0.497 e. The van der Waals surface area contributed by atoms with Gasteiger partial charge in [0.05, 0.1) is 26.4 Å². The normalized spacial score (nSPS) is 10.6. The highest BCUT2D eigenvalue weighted by atomic mass is 35.5. The summed E-state index contributed by atoms with van der Waals surface area (Å²) in [6.07, 6.45) is 2.35. The highest BCUT2D eigenvalue weighted by Crippen LogP contribution is 2.26. The van der Waals surface area contributed by atoms with Crippen LogP contribution in [0.4, 0.5) is 0 Å². The van der Waals surface area contributed by atoms with Crippen molar-refractivity contribution in [2.45, 2.75) is 26.2 Å². The lowest BCUT2D eigenvalue weighted by atomic mass is 10.1. The molecule has 0 aliphatic rings. The number of hydrogen-bond donors (Lipinski definition) is 2. The van der Waals surface area contributed by atoms with Gasteiger partial charge in [-0.3, -0.25) is 20.4 Å². The molecule has 8 heteroatoms. The molecule has 1 heterocycles. The van der Waals surface area contributed by atoms with E-state index in [1.54, 1.807) is 31.4 Å². The second-order valence-electron chi connectivity index (χ2n) is 6.76. The predicted molar refractivity (Wildman–Crippen MR) is 114 cm³/mol. The highest BCUT2D eigenvalue weighted by Gasteiger charge is 2.12. The minimum absolute atomic E-state index is 0.0819. The maximum atomic E-state index is 12.1. The van der Waals surface area contributed by atoms with Gasteiger partial charge in [0.1, 0.15) is 17.1 Å². The second-order valence-corrected chi connectivity index (χ2v) is 7.19. The van der Waals surface area contributed by atoms with Crippen molar-refractivity contribution in [3.63, 3.8) is 0 Å². The van der Waals surface area contributed by atoms with Crippen molar-refractivity contribution < 1.29 is 23.5 Å². The molecule has 2 amide bonds. The van der Waals surface area contributed by atoms with Gasteiger partial charge in [0, 0.05) is 28.5 Å². The first-order valence-electron chi connectivity index (χ1n) is 9.47. The standard InChI is InChI=1S/C22H23ClN2O5/c1-14-10-16(23)5-8-19(14)29-9-3-4-21(26)24-25-22(27)11-15-13-30-20-12-17(28-2)6-7-18(15)20/h5-8,10,12-13H,3-4,9,11H2,1-2H3,(H,24,26)(H,25,27). The number of ether oxygens (including phenoxy) is 2. The Bertz CT molecular complexity index is 1050. The van der Waals surface area contributed by atoms with E-state index in [0.717, 1.165) is 22.3 Å². The molecule has 0 aliphatic carbocycles. The van der Waals surface area contributed by atoms with Crippen molar-refractivity contribution in [3.05, 3.63) is 58.8 Å². The summed E-state index contributed by atoms with van der Waals surface area (Å²) >= 11 is 5.91. The lowest BCUT2D eigenvalue weighted by molar-refractivity contribution is -0.128. The summed E-state index contributed by atoms with van der Waals surface area (Å²) in [6, 6.07) is 10.8. The highest BCUT2D eigenvalue weighted by molar-refractivity contribution is 6.30. The number of fused-ring (bicyclic) bond motifs is 1. The zero-order chi connectivity index (χ0) is 21.5. The third-order valence-electron chi connectivity index (χ3n) is 4.50. The third-order valence-corrected chi connectivity index (χ3v) is 4.73. The van der Waals surface area contributed by atoms with Crippen LogP contribution in [-0.2, 0) is 16.0 Å². The molecule has 0 saturated heterocycles. The predicted octanol–water partition coefficient (Wildman–Crippen LogP) is 3.95. The van der Waals surface area contributed by atoms with Crippen LogP contribution in [0.2, 0.25) is 5.02 Å². The number of hydrazine groups is 1. The lowest BCUT2D eigenvalue weighted by Gasteiger charge is -2.10. The monoisotopic (exact) mass is 430 g/mol. The number of halogens is 1. The molecule has 0 fully saturated rings. The summed E-state index contributed by atoms with van der Waals surface area (Å²) < 4.78 is 16.3. The van der Waals surface area contributed by atoms with Crippen molar-refractivity contribution in [2.24, 2.45) is 0 Å². The van der Waals surface area contributed by atoms with E-state index in [2.05, 4.69) is 10.9 Å². The van der Waals surface area contributed by atoms with Gasteiger partial charge >= 0.3 is 0 Å². The van der Waals surface area contributed by atoms with E-state index in [1.165, 1.54) is 6.26 Å². The first kappa shape index (κ1) is 21.5. The number of rotatable bonds is 8. The average Bonchev–Trinajstić information content (AvgIpc) is 3.12. The number of aryl methyl sites for hydroxylation is 1. The number of furan rings is 1. The molecule has 0 saturated carbocycles. The third kappa shape index (κ3) is 5.67. The fourth-order valence-electron chi connectivity index (χ4n) is 2.94. The largest absolute Gasteiger partial charge is 0.497 e. The van der Waals surface area contributed by atoms with Crippen LogP contribution in [0, 0.1) is 6.92 Å². The molecule has 0 bridgehead atoms.